The predicted octanol–water partition coefficient (Wildman–Crippen LogP) is 1.66. The van der Waals surface area contributed by atoms with Crippen molar-refractivity contribution in [1.82, 2.24) is 0 Å². The molecule has 110 valence electrons. The van der Waals surface area contributed by atoms with Crippen molar-refractivity contribution in [3.05, 3.63) is 29.3 Å². The van der Waals surface area contributed by atoms with Gasteiger partial charge in [-0.3, -0.25) is 4.79 Å². The van der Waals surface area contributed by atoms with Gasteiger partial charge in [0, 0.05) is 25.6 Å². The molecule has 0 aliphatic heterocycles. The SMILES string of the molecule is CO[C@H]1Cc2c(cccc2NC(=O)C(F)(F)F)C[C@@H]1O. The lowest BCUT2D eigenvalue weighted by Crippen LogP contribution is -2.37. The van der Waals surface area contributed by atoms with E-state index in [0.29, 0.717) is 11.1 Å². The predicted molar refractivity (Wildman–Crippen MR) is 65.3 cm³/mol. The van der Waals surface area contributed by atoms with Gasteiger partial charge in [0.25, 0.3) is 0 Å². The summed E-state index contributed by atoms with van der Waals surface area (Å²) in [5.74, 6) is -2.01. The summed E-state index contributed by atoms with van der Waals surface area (Å²) >= 11 is 0. The van der Waals surface area contributed by atoms with Gasteiger partial charge in [-0.1, -0.05) is 12.1 Å². The Bertz CT molecular complexity index is 516. The van der Waals surface area contributed by atoms with E-state index in [1.807, 2.05) is 5.32 Å². The molecule has 0 spiro atoms. The first kappa shape index (κ1) is 14.8. The smallest absolute Gasteiger partial charge is 0.390 e. The van der Waals surface area contributed by atoms with Crippen LogP contribution in [0.25, 0.3) is 0 Å². The van der Waals surface area contributed by atoms with Crippen molar-refractivity contribution in [2.24, 2.45) is 0 Å². The van der Waals surface area contributed by atoms with E-state index in [4.69, 9.17) is 4.74 Å². The lowest BCUT2D eigenvalue weighted by Gasteiger charge is -2.30. The average molecular weight is 289 g/mol. The Morgan fingerprint density at radius 2 is 2.10 bits per heavy atom. The van der Waals surface area contributed by atoms with Gasteiger partial charge < -0.3 is 15.2 Å². The van der Waals surface area contributed by atoms with Crippen molar-refractivity contribution >= 4 is 11.6 Å². The molecule has 0 aromatic heterocycles. The summed E-state index contributed by atoms with van der Waals surface area (Å²) in [5, 5.41) is 11.7. The number of aliphatic hydroxyl groups excluding tert-OH is 1. The van der Waals surface area contributed by atoms with Gasteiger partial charge in [0.15, 0.2) is 0 Å². The lowest BCUT2D eigenvalue weighted by atomic mass is 9.86. The van der Waals surface area contributed by atoms with Crippen LogP contribution in [0.4, 0.5) is 18.9 Å². The van der Waals surface area contributed by atoms with Gasteiger partial charge in [0.05, 0.1) is 12.2 Å². The Balaban J connectivity index is 2.29. The average Bonchev–Trinajstić information content (AvgIpc) is 2.37. The monoisotopic (exact) mass is 289 g/mol. The van der Waals surface area contributed by atoms with Crippen molar-refractivity contribution in [3.63, 3.8) is 0 Å². The van der Waals surface area contributed by atoms with Gasteiger partial charge in [0.1, 0.15) is 0 Å². The molecule has 1 amide bonds. The van der Waals surface area contributed by atoms with Crippen LogP contribution in [0, 0.1) is 0 Å². The zero-order valence-corrected chi connectivity index (χ0v) is 10.7. The molecular weight excluding hydrogens is 275 g/mol. The van der Waals surface area contributed by atoms with Crippen molar-refractivity contribution in [3.8, 4) is 0 Å². The number of ether oxygens (including phenoxy) is 1. The van der Waals surface area contributed by atoms with Gasteiger partial charge >= 0.3 is 12.1 Å². The minimum Gasteiger partial charge on any atom is -0.390 e. The summed E-state index contributed by atoms with van der Waals surface area (Å²) in [6.07, 6.45) is -5.60. The molecule has 1 aliphatic carbocycles. The molecule has 1 aromatic rings. The van der Waals surface area contributed by atoms with Crippen LogP contribution in [0.5, 0.6) is 0 Å². The number of rotatable bonds is 2. The number of benzene rings is 1. The fourth-order valence-corrected chi connectivity index (χ4v) is 2.31. The Hall–Kier alpha value is -1.60. The summed E-state index contributed by atoms with van der Waals surface area (Å²) < 4.78 is 42.0. The molecule has 0 saturated carbocycles. The van der Waals surface area contributed by atoms with E-state index in [0.717, 1.165) is 0 Å². The van der Waals surface area contributed by atoms with Gasteiger partial charge in [0.2, 0.25) is 0 Å². The summed E-state index contributed by atoms with van der Waals surface area (Å²) in [4.78, 5) is 11.0. The molecule has 2 rings (SSSR count). The van der Waals surface area contributed by atoms with E-state index < -0.39 is 24.3 Å². The second kappa shape index (κ2) is 5.41. The van der Waals surface area contributed by atoms with E-state index in [1.54, 1.807) is 12.1 Å². The highest BCUT2D eigenvalue weighted by atomic mass is 19.4. The molecule has 0 fully saturated rings. The van der Waals surface area contributed by atoms with Crippen LogP contribution in [0.3, 0.4) is 0 Å². The lowest BCUT2D eigenvalue weighted by molar-refractivity contribution is -0.167. The normalized spacial score (nSPS) is 22.2. The summed E-state index contributed by atoms with van der Waals surface area (Å²) in [6.45, 7) is 0. The Labute approximate surface area is 113 Å². The summed E-state index contributed by atoms with van der Waals surface area (Å²) in [6, 6.07) is 4.67. The van der Waals surface area contributed by atoms with Crippen molar-refractivity contribution < 1.29 is 27.8 Å². The third-order valence-electron chi connectivity index (χ3n) is 3.34. The maximum Gasteiger partial charge on any atom is 0.471 e. The zero-order chi connectivity index (χ0) is 14.9. The fraction of sp³-hybridized carbons (Fsp3) is 0.462. The molecule has 2 N–H and O–H groups in total. The zero-order valence-electron chi connectivity index (χ0n) is 10.7. The van der Waals surface area contributed by atoms with Crippen LogP contribution >= 0.6 is 0 Å². The summed E-state index contributed by atoms with van der Waals surface area (Å²) in [5.41, 5.74) is 1.40. The molecule has 0 bridgehead atoms. The Morgan fingerprint density at radius 1 is 1.40 bits per heavy atom. The van der Waals surface area contributed by atoms with Gasteiger partial charge in [-0.05, 0) is 17.2 Å². The van der Waals surface area contributed by atoms with Crippen molar-refractivity contribution in [1.29, 1.82) is 0 Å². The number of hydrogen-bond acceptors (Lipinski definition) is 3. The quantitative estimate of drug-likeness (QED) is 0.870. The first-order valence-electron chi connectivity index (χ1n) is 6.02. The second-order valence-corrected chi connectivity index (χ2v) is 4.64. The third kappa shape index (κ3) is 2.94. The highest BCUT2D eigenvalue weighted by Gasteiger charge is 2.39. The third-order valence-corrected chi connectivity index (χ3v) is 3.34. The first-order valence-corrected chi connectivity index (χ1v) is 6.02. The molecule has 7 heteroatoms. The van der Waals surface area contributed by atoms with Crippen LogP contribution in [-0.4, -0.2) is 36.5 Å². The van der Waals surface area contributed by atoms with Crippen LogP contribution < -0.4 is 5.32 Å². The van der Waals surface area contributed by atoms with Crippen molar-refractivity contribution in [2.75, 3.05) is 12.4 Å². The van der Waals surface area contributed by atoms with E-state index >= 15 is 0 Å². The topological polar surface area (TPSA) is 58.6 Å². The van der Waals surface area contributed by atoms with E-state index in [1.165, 1.54) is 13.2 Å². The number of aliphatic hydroxyl groups is 1. The molecule has 0 unspecified atom stereocenters. The maximum atomic E-state index is 12.3. The number of halogens is 3. The molecule has 0 radical (unpaired) electrons. The number of hydrogen-bond donors (Lipinski definition) is 2. The van der Waals surface area contributed by atoms with E-state index in [-0.39, 0.29) is 18.5 Å². The number of alkyl halides is 3. The molecule has 4 nitrogen and oxygen atoms in total. The largest absolute Gasteiger partial charge is 0.471 e. The Morgan fingerprint density at radius 3 is 2.70 bits per heavy atom. The number of carbonyl (C=O) groups is 1. The van der Waals surface area contributed by atoms with Crippen LogP contribution in [0.2, 0.25) is 0 Å². The number of carbonyl (C=O) groups excluding carboxylic acids is 1. The molecular formula is C13H14F3NO3. The van der Waals surface area contributed by atoms with Crippen LogP contribution in [-0.2, 0) is 22.4 Å². The minimum atomic E-state index is -4.93. The molecule has 20 heavy (non-hydrogen) atoms. The minimum absolute atomic E-state index is 0.110. The maximum absolute atomic E-state index is 12.3. The standard InChI is InChI=1S/C13H14F3NO3/c1-20-11-6-8-7(5-10(11)18)3-2-4-9(8)17-12(19)13(14,15)16/h2-4,10-11,18H,5-6H2,1H3,(H,17,19)/t10-,11-/m0/s1. The molecule has 0 heterocycles. The number of fused-ring (bicyclic) bond motifs is 1. The molecule has 1 aromatic carbocycles. The molecule has 2 atom stereocenters. The van der Waals surface area contributed by atoms with Gasteiger partial charge in [-0.25, -0.2) is 0 Å². The molecule has 0 saturated heterocycles. The number of nitrogens with one attached hydrogen (secondary N) is 1. The first-order chi connectivity index (χ1) is 9.32. The number of methoxy groups -OCH3 is 1. The fourth-order valence-electron chi connectivity index (χ4n) is 2.31. The van der Waals surface area contributed by atoms with Crippen LogP contribution in [0.15, 0.2) is 18.2 Å². The van der Waals surface area contributed by atoms with Crippen LogP contribution in [0.1, 0.15) is 11.1 Å². The number of amides is 1. The van der Waals surface area contributed by atoms with Gasteiger partial charge in [-0.15, -0.1) is 0 Å². The number of anilines is 1. The highest BCUT2D eigenvalue weighted by Crippen LogP contribution is 2.30. The second-order valence-electron chi connectivity index (χ2n) is 4.64. The highest BCUT2D eigenvalue weighted by molar-refractivity contribution is 5.95. The van der Waals surface area contributed by atoms with Crippen molar-refractivity contribution in [2.45, 2.75) is 31.2 Å². The molecule has 1 aliphatic rings. The van der Waals surface area contributed by atoms with Gasteiger partial charge in [-0.2, -0.15) is 13.2 Å². The summed E-state index contributed by atoms with van der Waals surface area (Å²) in [7, 11) is 1.43. The Kier molecular flexibility index (Phi) is 4.01. The van der Waals surface area contributed by atoms with E-state index in [2.05, 4.69) is 0 Å². The van der Waals surface area contributed by atoms with E-state index in [9.17, 15) is 23.1 Å².